The summed E-state index contributed by atoms with van der Waals surface area (Å²) in [5, 5.41) is 8.72. The summed E-state index contributed by atoms with van der Waals surface area (Å²) < 4.78 is 33.9. The Morgan fingerprint density at radius 3 is 0.878 bits per heavy atom. The molecule has 12 heterocycles. The van der Waals surface area contributed by atoms with E-state index in [0.29, 0.717) is 22.9 Å². The molecule has 0 bridgehead atoms. The molecule has 0 amide bonds. The van der Waals surface area contributed by atoms with Gasteiger partial charge in [-0.15, -0.1) is 0 Å². The Morgan fingerprint density at radius 2 is 0.522 bits per heavy atom. The highest BCUT2D eigenvalue weighted by molar-refractivity contribution is 6.13. The number of hydrogen-bond donors (Lipinski definition) is 0. The minimum absolute atomic E-state index is 0.698. The fraction of sp³-hybridized carbons (Fsp3) is 0.146. The lowest BCUT2D eigenvalue weighted by molar-refractivity contribution is -0.660. The van der Waals surface area contributed by atoms with E-state index in [1.165, 1.54) is 83.5 Å². The summed E-state index contributed by atoms with van der Waals surface area (Å²) in [5.74, 6) is 0. The number of nitrogens with zero attached hydrogens (tertiary/aromatic N) is 8. The highest BCUT2D eigenvalue weighted by Gasteiger charge is 2.29. The molecule has 20 rings (SSSR count). The van der Waals surface area contributed by atoms with Crippen LogP contribution in [0.2, 0.25) is 0 Å². The summed E-state index contributed by atoms with van der Waals surface area (Å²) in [6.07, 6.45) is 8.62. The molecule has 0 aliphatic rings. The molecule has 0 aliphatic heterocycles. The summed E-state index contributed by atoms with van der Waals surface area (Å²) in [6.45, 7) is 23.0. The van der Waals surface area contributed by atoms with Crippen molar-refractivity contribution in [1.82, 2.24) is 19.9 Å². The van der Waals surface area contributed by atoms with E-state index in [4.69, 9.17) is 17.7 Å². The number of furan rings is 4. The molecule has 12 heteroatoms. The third kappa shape index (κ3) is 13.9. The lowest BCUT2D eigenvalue weighted by atomic mass is 9.94. The molecule has 20 aromatic rings. The van der Waals surface area contributed by atoms with E-state index in [9.17, 15) is 0 Å². The lowest BCUT2D eigenvalue weighted by Crippen LogP contribution is -2.31. The Morgan fingerprint density at radius 1 is 0.226 bits per heavy atom. The summed E-state index contributed by atoms with van der Waals surface area (Å²) in [6, 6.07) is 87.1. The maximum atomic E-state index is 6.39. The van der Waals surface area contributed by atoms with Gasteiger partial charge in [-0.1, -0.05) is 164 Å². The number of pyridine rings is 8. The predicted molar refractivity (Wildman–Crippen MR) is 466 cm³/mol. The molecule has 0 saturated heterocycles. The van der Waals surface area contributed by atoms with Crippen LogP contribution in [0.1, 0.15) is 61.7 Å². The van der Waals surface area contributed by atoms with Crippen molar-refractivity contribution < 1.29 is 35.9 Å². The van der Waals surface area contributed by atoms with Gasteiger partial charge >= 0.3 is 0 Å². The number of aryl methyl sites for hydroxylation is 15. The zero-order valence-electron chi connectivity index (χ0n) is 67.7. The van der Waals surface area contributed by atoms with Gasteiger partial charge in [0, 0.05) is 113 Å². The zero-order chi connectivity index (χ0) is 79.6. The van der Waals surface area contributed by atoms with E-state index in [1.807, 2.05) is 58.0 Å². The van der Waals surface area contributed by atoms with Gasteiger partial charge in [-0.2, -0.15) is 0 Å². The summed E-state index contributed by atoms with van der Waals surface area (Å²) in [4.78, 5) is 18.4. The first-order valence-electron chi connectivity index (χ1n) is 39.1. The van der Waals surface area contributed by atoms with Crippen LogP contribution in [0.15, 0.2) is 291 Å². The number of fused-ring (bicyclic) bond motifs is 12. The lowest BCUT2D eigenvalue weighted by Gasteiger charge is -2.11. The van der Waals surface area contributed by atoms with Crippen LogP contribution in [0.25, 0.3) is 178 Å². The van der Waals surface area contributed by atoms with Crippen molar-refractivity contribution in [3.63, 3.8) is 0 Å². The van der Waals surface area contributed by atoms with E-state index in [0.717, 1.165) is 133 Å². The molecule has 0 spiro atoms. The summed E-state index contributed by atoms with van der Waals surface area (Å²) >= 11 is 0. The largest absolute Gasteiger partial charge is 0.437 e. The number of benzene rings is 8. The smallest absolute Gasteiger partial charge is 0.227 e. The van der Waals surface area contributed by atoms with Crippen LogP contribution in [0.5, 0.6) is 0 Å². The van der Waals surface area contributed by atoms with Crippen LogP contribution in [-0.2, 0) is 28.2 Å². The van der Waals surface area contributed by atoms with Crippen molar-refractivity contribution in [1.29, 1.82) is 0 Å². The molecular formula is C103H90N8O4+4. The van der Waals surface area contributed by atoms with Gasteiger partial charge in [0.05, 0.1) is 22.3 Å². The van der Waals surface area contributed by atoms with Crippen LogP contribution in [0.4, 0.5) is 0 Å². The summed E-state index contributed by atoms with van der Waals surface area (Å²) in [7, 11) is 8.36. The van der Waals surface area contributed by atoms with Crippen molar-refractivity contribution >= 4 is 88.3 Å². The van der Waals surface area contributed by atoms with E-state index < -0.39 is 0 Å². The highest BCUT2D eigenvalue weighted by Crippen LogP contribution is 2.44. The molecule has 12 aromatic heterocycles. The first-order chi connectivity index (χ1) is 55.7. The second-order valence-corrected chi connectivity index (χ2v) is 30.6. The Bertz CT molecular complexity index is 6990. The second kappa shape index (κ2) is 30.3. The molecule has 0 aliphatic carbocycles. The highest BCUT2D eigenvalue weighted by atomic mass is 16.4. The number of hydrogen-bond acceptors (Lipinski definition) is 8. The summed E-state index contributed by atoms with van der Waals surface area (Å²) in [5.41, 5.74) is 37.4. The van der Waals surface area contributed by atoms with Gasteiger partial charge < -0.3 is 17.7 Å². The molecular weight excluding hydrogens is 1410 g/mol. The van der Waals surface area contributed by atoms with Crippen LogP contribution < -0.4 is 18.3 Å². The zero-order valence-corrected chi connectivity index (χ0v) is 67.7. The maximum Gasteiger partial charge on any atom is 0.227 e. The van der Waals surface area contributed by atoms with Gasteiger partial charge in [0.2, 0.25) is 45.6 Å². The quantitative estimate of drug-likeness (QED) is 0.138. The van der Waals surface area contributed by atoms with Crippen LogP contribution in [-0.4, -0.2) is 19.9 Å². The minimum atomic E-state index is 0.698. The predicted octanol–water partition coefficient (Wildman–Crippen LogP) is 24.0. The number of rotatable bonds is 8. The monoisotopic (exact) mass is 1500 g/mol. The van der Waals surface area contributed by atoms with E-state index in [2.05, 4.69) is 358 Å². The Kier molecular flexibility index (Phi) is 19.5. The molecule has 562 valence electrons. The van der Waals surface area contributed by atoms with E-state index in [-0.39, 0.29) is 0 Å². The third-order valence-corrected chi connectivity index (χ3v) is 22.4. The molecule has 0 saturated carbocycles. The van der Waals surface area contributed by atoms with Gasteiger partial charge in [0.15, 0.2) is 47.1 Å². The second-order valence-electron chi connectivity index (χ2n) is 30.6. The van der Waals surface area contributed by atoms with Crippen molar-refractivity contribution in [2.45, 2.75) is 76.2 Å². The van der Waals surface area contributed by atoms with Crippen LogP contribution in [0, 0.1) is 76.2 Å². The molecule has 12 nitrogen and oxygen atoms in total. The van der Waals surface area contributed by atoms with Gasteiger partial charge in [-0.05, 0) is 197 Å². The van der Waals surface area contributed by atoms with E-state index in [1.54, 1.807) is 0 Å². The standard InChI is InChI=1S/C27H25N2O.C26H23N2O.2C25H21N2O/c1-16-13-17(2)25(26-24(16)21-12-11-19(4)28-27(21)30-26)23-14-22(18(3)15-29(23)5)20-9-7-6-8-10-20;1-16-10-12-20-21-13-11-18(3)27-26(21)29-25(20)24(16)23-14-22(17(2)15-28(23)4)19-8-6-5-7-9-19;2*1-16-9-11-20-21-12-10-17(2)26-25(21)28-24(20)23(16)22-15-19(13-14-27(22)3)18-7-5-4-6-8-18/h6-15H,1-5H3;5-15H,1-4H3;2*4-15H,1-3H3/q4*+1. The van der Waals surface area contributed by atoms with Crippen molar-refractivity contribution in [3.8, 4) is 89.5 Å². The maximum absolute atomic E-state index is 6.39. The van der Waals surface area contributed by atoms with Crippen molar-refractivity contribution in [2.75, 3.05) is 0 Å². The molecule has 0 fully saturated rings. The van der Waals surface area contributed by atoms with Crippen molar-refractivity contribution in [3.05, 3.63) is 335 Å². The molecule has 115 heavy (non-hydrogen) atoms. The molecule has 0 radical (unpaired) electrons. The van der Waals surface area contributed by atoms with Crippen molar-refractivity contribution in [2.24, 2.45) is 28.2 Å². The fourth-order valence-electron chi connectivity index (χ4n) is 16.5. The molecule has 0 unspecified atom stereocenters. The fourth-order valence-corrected chi connectivity index (χ4v) is 16.5. The Hall–Kier alpha value is -13.8. The van der Waals surface area contributed by atoms with Gasteiger partial charge in [-0.25, -0.2) is 38.2 Å². The van der Waals surface area contributed by atoms with Crippen LogP contribution >= 0.6 is 0 Å². The molecule has 8 aromatic carbocycles. The topological polar surface area (TPSA) is 120 Å². The number of aromatic nitrogens is 8. The Labute approximate surface area is 669 Å². The normalized spacial score (nSPS) is 11.4. The molecule has 0 N–H and O–H groups in total. The first-order valence-corrected chi connectivity index (χ1v) is 39.1. The first kappa shape index (κ1) is 73.9. The van der Waals surface area contributed by atoms with Gasteiger partial charge in [-0.3, -0.25) is 0 Å². The Balaban J connectivity index is 0.000000111. The van der Waals surface area contributed by atoms with Gasteiger partial charge in [0.25, 0.3) is 0 Å². The average Bonchev–Trinajstić information content (AvgIpc) is 1.56. The van der Waals surface area contributed by atoms with Gasteiger partial charge in [0.1, 0.15) is 28.2 Å². The SMILES string of the molecule is Cc1ccc2c(n1)oc1c(-c3cc(-c4ccccc4)c(C)c[n+]3C)c(C)cc(C)c12.Cc1ccc2c(n1)oc1c(-c3cc(-c4ccccc4)c(C)c[n+]3C)c(C)ccc12.Cc1ccc2c(n1)oc1c(-c3cc(-c4ccccc4)cc[n+]3C)c(C)ccc12.Cc1ccc2c(n1)oc1c(-c3cc(-c4ccccc4)cc[n+]3C)c(C)ccc12. The third-order valence-electron chi connectivity index (χ3n) is 22.4. The van der Waals surface area contributed by atoms with E-state index >= 15 is 0 Å². The van der Waals surface area contributed by atoms with Crippen LogP contribution in [0.3, 0.4) is 0 Å². The minimum Gasteiger partial charge on any atom is -0.437 e. The average molecular weight is 1500 g/mol. The molecule has 0 atom stereocenters.